The lowest BCUT2D eigenvalue weighted by molar-refractivity contribution is -0.131. The molecule has 4 rings (SSSR count). The van der Waals surface area contributed by atoms with Gasteiger partial charge in [-0.25, -0.2) is 13.2 Å². The van der Waals surface area contributed by atoms with E-state index < -0.39 is 23.4 Å². The second kappa shape index (κ2) is 8.37. The van der Waals surface area contributed by atoms with Crippen LogP contribution in [-0.4, -0.2) is 34.8 Å². The molecule has 0 aliphatic carbocycles. The number of aromatic nitrogens is 1. The zero-order valence-corrected chi connectivity index (χ0v) is 16.6. The van der Waals surface area contributed by atoms with Crippen LogP contribution in [0.3, 0.4) is 0 Å². The summed E-state index contributed by atoms with van der Waals surface area (Å²) < 4.78 is 40.9. The first-order valence-corrected chi connectivity index (χ1v) is 9.93. The number of hydrogen-bond donors (Lipinski definition) is 1. The van der Waals surface area contributed by atoms with Gasteiger partial charge in [0.25, 0.3) is 5.91 Å². The van der Waals surface area contributed by atoms with E-state index in [0.717, 1.165) is 18.2 Å². The number of primary amides is 1. The Labute approximate surface area is 176 Å². The fraction of sp³-hybridized carbons (Fsp3) is 0.261. The molecule has 1 saturated heterocycles. The van der Waals surface area contributed by atoms with E-state index in [1.165, 1.54) is 24.3 Å². The Balaban J connectivity index is 1.60. The minimum Gasteiger partial charge on any atom is -0.366 e. The Hall–Kier alpha value is -3.42. The monoisotopic (exact) mass is 427 g/mol. The van der Waals surface area contributed by atoms with Crippen molar-refractivity contribution < 1.29 is 22.8 Å². The largest absolute Gasteiger partial charge is 0.366 e. The fourth-order valence-electron chi connectivity index (χ4n) is 4.05. The first-order valence-electron chi connectivity index (χ1n) is 9.93. The summed E-state index contributed by atoms with van der Waals surface area (Å²) in [5.74, 6) is -2.97. The van der Waals surface area contributed by atoms with E-state index in [2.05, 4.69) is 4.98 Å². The van der Waals surface area contributed by atoms with E-state index in [1.54, 1.807) is 4.90 Å². The molecular formula is C23H20F3N3O2. The minimum absolute atomic E-state index is 0.00388. The molecule has 1 atom stereocenters. The molecule has 1 aliphatic heterocycles. The summed E-state index contributed by atoms with van der Waals surface area (Å²) in [7, 11) is 0. The Morgan fingerprint density at radius 3 is 2.58 bits per heavy atom. The van der Waals surface area contributed by atoms with Crippen LogP contribution in [0.2, 0.25) is 0 Å². The molecule has 1 aliphatic rings. The van der Waals surface area contributed by atoms with E-state index in [-0.39, 0.29) is 35.9 Å². The average Bonchev–Trinajstić information content (AvgIpc) is 2.75. The third-order valence-corrected chi connectivity index (χ3v) is 5.58. The predicted octanol–water partition coefficient (Wildman–Crippen LogP) is 3.70. The number of halogens is 3. The summed E-state index contributed by atoms with van der Waals surface area (Å²) in [6.07, 6.45) is 1.07. The topological polar surface area (TPSA) is 76.3 Å². The SMILES string of the molecule is NC(=O)c1cc2cc(F)ccc2nc1[C@@H]1CCCN(C(=O)Cc2cc(F)ccc2F)C1. The zero-order chi connectivity index (χ0) is 22.1. The second-order valence-corrected chi connectivity index (χ2v) is 7.71. The number of amides is 2. The second-order valence-electron chi connectivity index (χ2n) is 7.71. The lowest BCUT2D eigenvalue weighted by atomic mass is 9.90. The summed E-state index contributed by atoms with van der Waals surface area (Å²) in [4.78, 5) is 30.9. The zero-order valence-electron chi connectivity index (χ0n) is 16.6. The highest BCUT2D eigenvalue weighted by Crippen LogP contribution is 2.30. The molecule has 2 N–H and O–H groups in total. The van der Waals surface area contributed by atoms with E-state index in [9.17, 15) is 22.8 Å². The van der Waals surface area contributed by atoms with Gasteiger partial charge >= 0.3 is 0 Å². The van der Waals surface area contributed by atoms with Crippen molar-refractivity contribution in [1.82, 2.24) is 9.88 Å². The molecular weight excluding hydrogens is 407 g/mol. The maximum atomic E-state index is 13.9. The van der Waals surface area contributed by atoms with E-state index in [4.69, 9.17) is 5.73 Å². The molecule has 0 spiro atoms. The van der Waals surface area contributed by atoms with Gasteiger partial charge in [-0.1, -0.05) is 0 Å². The molecule has 160 valence electrons. The smallest absolute Gasteiger partial charge is 0.250 e. The molecule has 2 amide bonds. The van der Waals surface area contributed by atoms with Crippen LogP contribution in [0, 0.1) is 17.5 Å². The number of piperidine rings is 1. The molecule has 0 radical (unpaired) electrons. The van der Waals surface area contributed by atoms with Crippen molar-refractivity contribution in [3.63, 3.8) is 0 Å². The predicted molar refractivity (Wildman–Crippen MR) is 109 cm³/mol. The van der Waals surface area contributed by atoms with Gasteiger partial charge in [-0.15, -0.1) is 0 Å². The Morgan fingerprint density at radius 1 is 1.06 bits per heavy atom. The maximum Gasteiger partial charge on any atom is 0.250 e. The third-order valence-electron chi connectivity index (χ3n) is 5.58. The Kier molecular flexibility index (Phi) is 5.63. The van der Waals surface area contributed by atoms with Crippen molar-refractivity contribution in [3.05, 3.63) is 76.7 Å². The highest BCUT2D eigenvalue weighted by atomic mass is 19.1. The molecule has 2 aromatic carbocycles. The molecule has 0 saturated carbocycles. The van der Waals surface area contributed by atoms with Gasteiger partial charge in [0.15, 0.2) is 0 Å². The number of nitrogens with zero attached hydrogens (tertiary/aromatic N) is 2. The van der Waals surface area contributed by atoms with Gasteiger partial charge in [-0.05, 0) is 55.3 Å². The summed E-state index contributed by atoms with van der Waals surface area (Å²) in [5, 5.41) is 0.461. The third kappa shape index (κ3) is 4.38. The van der Waals surface area contributed by atoms with Gasteiger partial charge in [0.1, 0.15) is 17.5 Å². The van der Waals surface area contributed by atoms with Crippen molar-refractivity contribution in [2.75, 3.05) is 13.1 Å². The first kappa shape index (κ1) is 20.8. The molecule has 0 bridgehead atoms. The van der Waals surface area contributed by atoms with Gasteiger partial charge in [0.05, 0.1) is 23.2 Å². The van der Waals surface area contributed by atoms with Crippen LogP contribution in [0.4, 0.5) is 13.2 Å². The number of pyridine rings is 1. The van der Waals surface area contributed by atoms with Gasteiger partial charge < -0.3 is 10.6 Å². The van der Waals surface area contributed by atoms with Crippen LogP contribution in [0.1, 0.15) is 40.4 Å². The summed E-state index contributed by atoms with van der Waals surface area (Å²) in [6.45, 7) is 0.743. The van der Waals surface area contributed by atoms with E-state index >= 15 is 0 Å². The van der Waals surface area contributed by atoms with Crippen molar-refractivity contribution in [3.8, 4) is 0 Å². The normalized spacial score (nSPS) is 16.5. The number of nitrogens with two attached hydrogens (primary N) is 1. The van der Waals surface area contributed by atoms with Crippen LogP contribution in [0.5, 0.6) is 0 Å². The van der Waals surface area contributed by atoms with E-state index in [1.807, 2.05) is 0 Å². The Morgan fingerprint density at radius 2 is 1.81 bits per heavy atom. The van der Waals surface area contributed by atoms with Crippen LogP contribution in [0.25, 0.3) is 10.9 Å². The maximum absolute atomic E-state index is 13.9. The lowest BCUT2D eigenvalue weighted by Crippen LogP contribution is -2.40. The van der Waals surface area contributed by atoms with Crippen LogP contribution >= 0.6 is 0 Å². The standard InChI is InChI=1S/C23H20F3N3O2/c24-16-3-5-19(26)14(8-16)11-21(30)29-7-1-2-13(12-29)22-18(23(27)31)10-15-9-17(25)4-6-20(15)28-22/h3-6,8-10,13H,1-2,7,11-12H2,(H2,27,31)/t13-/m1/s1. The number of carbonyl (C=O) groups is 2. The Bertz CT molecular complexity index is 1180. The molecule has 5 nitrogen and oxygen atoms in total. The molecule has 31 heavy (non-hydrogen) atoms. The number of fused-ring (bicyclic) bond motifs is 1. The van der Waals surface area contributed by atoms with Gasteiger partial charge in [-0.2, -0.15) is 0 Å². The lowest BCUT2D eigenvalue weighted by Gasteiger charge is -2.33. The fourth-order valence-corrected chi connectivity index (χ4v) is 4.05. The van der Waals surface area contributed by atoms with E-state index in [0.29, 0.717) is 36.0 Å². The quantitative estimate of drug-likeness (QED) is 0.690. The minimum atomic E-state index is -0.682. The number of carbonyl (C=O) groups excluding carboxylic acids is 2. The molecule has 2 heterocycles. The highest BCUT2D eigenvalue weighted by molar-refractivity contribution is 5.98. The average molecular weight is 427 g/mol. The summed E-state index contributed by atoms with van der Waals surface area (Å²) >= 11 is 0. The molecule has 1 aromatic heterocycles. The number of likely N-dealkylation sites (tertiary alicyclic amines) is 1. The molecule has 3 aromatic rings. The molecule has 8 heteroatoms. The van der Waals surface area contributed by atoms with Gasteiger partial charge in [-0.3, -0.25) is 14.6 Å². The van der Waals surface area contributed by atoms with Crippen molar-refractivity contribution in [2.24, 2.45) is 5.73 Å². The van der Waals surface area contributed by atoms with Crippen molar-refractivity contribution in [1.29, 1.82) is 0 Å². The van der Waals surface area contributed by atoms with Crippen LogP contribution in [-0.2, 0) is 11.2 Å². The van der Waals surface area contributed by atoms with Crippen LogP contribution in [0.15, 0.2) is 42.5 Å². The first-order chi connectivity index (χ1) is 14.8. The number of benzene rings is 2. The summed E-state index contributed by atoms with van der Waals surface area (Å²) in [6, 6.07) is 8.63. The van der Waals surface area contributed by atoms with Gasteiger partial charge in [0.2, 0.25) is 5.91 Å². The summed E-state index contributed by atoms with van der Waals surface area (Å²) in [5.41, 5.74) is 6.71. The van der Waals surface area contributed by atoms with Gasteiger partial charge in [0, 0.05) is 30.0 Å². The van der Waals surface area contributed by atoms with Crippen LogP contribution < -0.4 is 5.73 Å². The number of rotatable bonds is 4. The highest BCUT2D eigenvalue weighted by Gasteiger charge is 2.29. The van der Waals surface area contributed by atoms with Crippen molar-refractivity contribution >= 4 is 22.7 Å². The molecule has 0 unspecified atom stereocenters. The molecule has 1 fully saturated rings. The number of hydrogen-bond acceptors (Lipinski definition) is 3. The van der Waals surface area contributed by atoms with Crippen molar-refractivity contribution in [2.45, 2.75) is 25.2 Å².